The van der Waals surface area contributed by atoms with E-state index in [-0.39, 0.29) is 12.8 Å². The van der Waals surface area contributed by atoms with Crippen molar-refractivity contribution in [1.29, 1.82) is 0 Å². The van der Waals surface area contributed by atoms with Crippen molar-refractivity contribution in [2.75, 3.05) is 0 Å². The molecule has 0 atom stereocenters. The highest BCUT2D eigenvalue weighted by Crippen LogP contribution is 2.47. The number of rotatable bonds is 2. The molecule has 1 aliphatic rings. The summed E-state index contributed by atoms with van der Waals surface area (Å²) in [4.78, 5) is 11.1. The zero-order valence-corrected chi connectivity index (χ0v) is 8.21. The highest BCUT2D eigenvalue weighted by molar-refractivity contribution is 5.83. The fourth-order valence-electron chi connectivity index (χ4n) is 2.14. The fourth-order valence-corrected chi connectivity index (χ4v) is 2.14. The number of benzene rings is 1. The number of hydrogen-bond acceptors (Lipinski definition) is 1. The van der Waals surface area contributed by atoms with Gasteiger partial charge in [-0.2, -0.15) is 0 Å². The van der Waals surface area contributed by atoms with E-state index in [2.05, 4.69) is 0 Å². The first-order valence-corrected chi connectivity index (χ1v) is 4.79. The van der Waals surface area contributed by atoms with Gasteiger partial charge in [0.2, 0.25) is 0 Å². The van der Waals surface area contributed by atoms with Crippen LogP contribution in [0, 0.1) is 11.6 Å². The van der Waals surface area contributed by atoms with Crippen molar-refractivity contribution in [2.24, 2.45) is 0 Å². The summed E-state index contributed by atoms with van der Waals surface area (Å²) in [6, 6.07) is 3.11. The van der Waals surface area contributed by atoms with Gasteiger partial charge in [-0.3, -0.25) is 4.79 Å². The van der Waals surface area contributed by atoms with Crippen LogP contribution in [0.15, 0.2) is 18.2 Å². The van der Waals surface area contributed by atoms with Gasteiger partial charge in [-0.15, -0.1) is 0 Å². The average Bonchev–Trinajstić information content (AvgIpc) is 2.13. The minimum absolute atomic E-state index is 0.375. The molecule has 0 aromatic heterocycles. The Morgan fingerprint density at radius 3 is 2.19 bits per heavy atom. The molecule has 1 N–H and O–H groups in total. The Balaban J connectivity index is 2.53. The Morgan fingerprint density at radius 1 is 1.31 bits per heavy atom. The maximum absolute atomic E-state index is 13.4. The number of aliphatic carboxylic acids is 1. The van der Waals surface area contributed by atoms with Crippen molar-refractivity contribution >= 4 is 5.97 Å². The first-order chi connectivity index (χ1) is 7.47. The molecule has 0 heterocycles. The number of carboxylic acids is 1. The minimum atomic E-state index is -1.74. The lowest BCUT2D eigenvalue weighted by Gasteiger charge is -2.40. The van der Waals surface area contributed by atoms with Gasteiger partial charge in [0.25, 0.3) is 0 Å². The van der Waals surface area contributed by atoms with E-state index in [0.29, 0.717) is 0 Å². The van der Waals surface area contributed by atoms with E-state index in [1.54, 1.807) is 0 Å². The quantitative estimate of drug-likeness (QED) is 0.847. The van der Waals surface area contributed by atoms with Crippen LogP contribution in [0.2, 0.25) is 0 Å². The molecule has 0 aliphatic heterocycles. The van der Waals surface area contributed by atoms with Crippen LogP contribution in [-0.2, 0) is 10.2 Å². The van der Waals surface area contributed by atoms with E-state index in [1.165, 1.54) is 0 Å². The summed E-state index contributed by atoms with van der Waals surface area (Å²) in [6.07, 6.45) is -2.06. The third-order valence-electron chi connectivity index (χ3n) is 2.99. The maximum atomic E-state index is 13.4. The Kier molecular flexibility index (Phi) is 2.40. The van der Waals surface area contributed by atoms with Gasteiger partial charge in [0, 0.05) is 5.56 Å². The molecular formula is C11H9F3O2. The van der Waals surface area contributed by atoms with Crippen molar-refractivity contribution in [3.05, 3.63) is 35.4 Å². The molecule has 16 heavy (non-hydrogen) atoms. The third kappa shape index (κ3) is 1.38. The molecule has 0 unspecified atom stereocenters. The molecule has 0 amide bonds. The number of alkyl halides is 1. The molecule has 0 radical (unpaired) electrons. The molecule has 0 bridgehead atoms. The average molecular weight is 230 g/mol. The number of carbonyl (C=O) groups is 1. The summed E-state index contributed by atoms with van der Waals surface area (Å²) in [6.45, 7) is 0. The van der Waals surface area contributed by atoms with Crippen molar-refractivity contribution in [1.82, 2.24) is 0 Å². The fraction of sp³-hybridized carbons (Fsp3) is 0.364. The molecule has 0 saturated heterocycles. The smallest absolute Gasteiger partial charge is 0.314 e. The van der Waals surface area contributed by atoms with Crippen molar-refractivity contribution in [3.63, 3.8) is 0 Å². The van der Waals surface area contributed by atoms with Crippen LogP contribution < -0.4 is 0 Å². The number of carboxylic acid groups (broad SMARTS) is 1. The Bertz CT molecular complexity index is 419. The van der Waals surface area contributed by atoms with Crippen LogP contribution in [0.5, 0.6) is 0 Å². The number of hydrogen-bond donors (Lipinski definition) is 1. The maximum Gasteiger partial charge on any atom is 0.314 e. The van der Waals surface area contributed by atoms with E-state index in [1.807, 2.05) is 0 Å². The van der Waals surface area contributed by atoms with Gasteiger partial charge in [-0.25, -0.2) is 13.2 Å². The molecule has 86 valence electrons. The molecule has 1 saturated carbocycles. The third-order valence-corrected chi connectivity index (χ3v) is 2.99. The van der Waals surface area contributed by atoms with Crippen LogP contribution >= 0.6 is 0 Å². The van der Waals surface area contributed by atoms with Gasteiger partial charge < -0.3 is 5.11 Å². The highest BCUT2D eigenvalue weighted by atomic mass is 19.1. The predicted octanol–water partition coefficient (Wildman–Crippen LogP) is 2.42. The zero-order valence-electron chi connectivity index (χ0n) is 8.21. The summed E-state index contributed by atoms with van der Waals surface area (Å²) in [5.74, 6) is -3.26. The summed E-state index contributed by atoms with van der Waals surface area (Å²) >= 11 is 0. The van der Waals surface area contributed by atoms with Gasteiger partial charge in [-0.1, -0.05) is 6.07 Å². The predicted molar refractivity (Wildman–Crippen MR) is 49.8 cm³/mol. The van der Waals surface area contributed by atoms with Crippen molar-refractivity contribution < 1.29 is 23.1 Å². The molecule has 2 nitrogen and oxygen atoms in total. The summed E-state index contributed by atoms with van der Waals surface area (Å²) in [7, 11) is 0. The van der Waals surface area contributed by atoms with E-state index >= 15 is 0 Å². The summed E-state index contributed by atoms with van der Waals surface area (Å²) < 4.78 is 39.7. The molecule has 1 aliphatic carbocycles. The van der Waals surface area contributed by atoms with E-state index < -0.39 is 34.8 Å². The first kappa shape index (κ1) is 11.0. The minimum Gasteiger partial charge on any atom is -0.481 e. The second kappa shape index (κ2) is 3.50. The standard InChI is InChI=1S/C11H9F3O2/c12-6-4-11(5-6,10(15)16)9-7(13)2-1-3-8(9)14/h1-3,6H,4-5H2,(H,15,16). The lowest BCUT2D eigenvalue weighted by atomic mass is 9.63. The van der Waals surface area contributed by atoms with E-state index in [9.17, 15) is 18.0 Å². The van der Waals surface area contributed by atoms with Gasteiger partial charge in [-0.05, 0) is 25.0 Å². The first-order valence-electron chi connectivity index (χ1n) is 4.79. The van der Waals surface area contributed by atoms with Crippen molar-refractivity contribution in [3.8, 4) is 0 Å². The molecule has 1 aromatic carbocycles. The van der Waals surface area contributed by atoms with Crippen LogP contribution in [0.4, 0.5) is 13.2 Å². The molecule has 0 spiro atoms. The zero-order chi connectivity index (χ0) is 11.9. The van der Waals surface area contributed by atoms with Crippen LogP contribution in [0.1, 0.15) is 18.4 Å². The second-order valence-corrected chi connectivity index (χ2v) is 3.99. The normalized spacial score (nSPS) is 28.6. The Hall–Kier alpha value is -1.52. The van der Waals surface area contributed by atoms with Crippen molar-refractivity contribution in [2.45, 2.75) is 24.4 Å². The largest absolute Gasteiger partial charge is 0.481 e. The monoisotopic (exact) mass is 230 g/mol. The van der Waals surface area contributed by atoms with Crippen LogP contribution in [-0.4, -0.2) is 17.2 Å². The highest BCUT2D eigenvalue weighted by Gasteiger charge is 2.54. The molecular weight excluding hydrogens is 221 g/mol. The molecule has 1 fully saturated rings. The van der Waals surface area contributed by atoms with Crippen LogP contribution in [0.25, 0.3) is 0 Å². The number of halogens is 3. The lowest BCUT2D eigenvalue weighted by Crippen LogP contribution is -2.50. The topological polar surface area (TPSA) is 37.3 Å². The Labute approximate surface area is 89.7 Å². The van der Waals surface area contributed by atoms with Gasteiger partial charge in [0.1, 0.15) is 23.2 Å². The van der Waals surface area contributed by atoms with Gasteiger partial charge in [0.05, 0.1) is 0 Å². The van der Waals surface area contributed by atoms with Gasteiger partial charge in [0.15, 0.2) is 0 Å². The van der Waals surface area contributed by atoms with Crippen LogP contribution in [0.3, 0.4) is 0 Å². The van der Waals surface area contributed by atoms with E-state index in [0.717, 1.165) is 18.2 Å². The molecule has 1 aromatic rings. The SMILES string of the molecule is O=C(O)C1(c2c(F)cccc2F)CC(F)C1. The molecule has 5 heteroatoms. The second-order valence-electron chi connectivity index (χ2n) is 3.99. The van der Waals surface area contributed by atoms with E-state index in [4.69, 9.17) is 5.11 Å². The van der Waals surface area contributed by atoms with Gasteiger partial charge >= 0.3 is 5.97 Å². The summed E-state index contributed by atoms with van der Waals surface area (Å²) in [5, 5.41) is 9.00. The summed E-state index contributed by atoms with van der Waals surface area (Å²) in [5.41, 5.74) is -2.27. The Morgan fingerprint density at radius 2 is 1.81 bits per heavy atom. The molecule has 2 rings (SSSR count). The lowest BCUT2D eigenvalue weighted by molar-refractivity contribution is -0.150.